The van der Waals surface area contributed by atoms with E-state index in [2.05, 4.69) is 17.0 Å². The molecule has 5 nitrogen and oxygen atoms in total. The van der Waals surface area contributed by atoms with Gasteiger partial charge in [0.2, 0.25) is 5.96 Å². The summed E-state index contributed by atoms with van der Waals surface area (Å²) in [5.74, 6) is 1.52. The molecule has 3 rings (SSSR count). The average molecular weight is 316 g/mol. The van der Waals surface area contributed by atoms with Gasteiger partial charge in [0, 0.05) is 5.75 Å². The molecule has 0 fully saturated rings. The Morgan fingerprint density at radius 2 is 1.95 bits per heavy atom. The lowest BCUT2D eigenvalue weighted by atomic mass is 10.1. The summed E-state index contributed by atoms with van der Waals surface area (Å²) in [6.45, 7) is 5.81. The SMILES string of the molecule is CCCCSC1=NN2C(=O)C(C)(C)N=C2N1c1ccccc1. The van der Waals surface area contributed by atoms with Gasteiger partial charge in [-0.2, -0.15) is 5.01 Å². The number of rotatable bonds is 4. The standard InChI is InChI=1S/C16H20N4OS/c1-4-5-11-22-15-18-20-13(21)16(2,3)17-14(20)19(15)12-9-7-6-8-10-12/h6-10H,4-5,11H2,1-3H3. The molecule has 0 atom stereocenters. The van der Waals surface area contributed by atoms with Crippen LogP contribution < -0.4 is 4.90 Å². The molecule has 0 N–H and O–H groups in total. The summed E-state index contributed by atoms with van der Waals surface area (Å²) in [6, 6.07) is 9.96. The molecule has 1 aromatic carbocycles. The fraction of sp³-hybridized carbons (Fsp3) is 0.438. The smallest absolute Gasteiger partial charge is 0.270 e. The number of thioether (sulfide) groups is 1. The molecule has 22 heavy (non-hydrogen) atoms. The van der Waals surface area contributed by atoms with Gasteiger partial charge in [-0.3, -0.25) is 9.69 Å². The van der Waals surface area contributed by atoms with Crippen LogP contribution in [-0.2, 0) is 4.79 Å². The van der Waals surface area contributed by atoms with Crippen molar-refractivity contribution < 1.29 is 4.79 Å². The van der Waals surface area contributed by atoms with Crippen LogP contribution in [0.25, 0.3) is 0 Å². The van der Waals surface area contributed by atoms with Crippen LogP contribution in [0.1, 0.15) is 33.6 Å². The summed E-state index contributed by atoms with van der Waals surface area (Å²) < 4.78 is 0. The number of carbonyl (C=O) groups excluding carboxylic acids is 1. The summed E-state index contributed by atoms with van der Waals surface area (Å²) in [5, 5.41) is 6.78. The quantitative estimate of drug-likeness (QED) is 0.801. The summed E-state index contributed by atoms with van der Waals surface area (Å²) in [7, 11) is 0. The van der Waals surface area contributed by atoms with Crippen molar-refractivity contribution in [3.05, 3.63) is 30.3 Å². The van der Waals surface area contributed by atoms with E-state index in [-0.39, 0.29) is 5.91 Å². The predicted molar refractivity (Wildman–Crippen MR) is 92.1 cm³/mol. The highest BCUT2D eigenvalue weighted by atomic mass is 32.2. The monoisotopic (exact) mass is 316 g/mol. The van der Waals surface area contributed by atoms with E-state index in [1.165, 1.54) is 5.01 Å². The number of amidine groups is 1. The molecule has 2 aliphatic rings. The van der Waals surface area contributed by atoms with Crippen molar-refractivity contribution in [1.82, 2.24) is 5.01 Å². The molecule has 1 amide bonds. The number of benzene rings is 1. The molecule has 0 bridgehead atoms. The third-order valence-electron chi connectivity index (χ3n) is 3.60. The Morgan fingerprint density at radius 1 is 1.23 bits per heavy atom. The molecule has 0 spiro atoms. The lowest BCUT2D eigenvalue weighted by Gasteiger charge is -2.19. The first kappa shape index (κ1) is 15.1. The Balaban J connectivity index is 1.95. The predicted octanol–water partition coefficient (Wildman–Crippen LogP) is 3.29. The van der Waals surface area contributed by atoms with Gasteiger partial charge in [-0.05, 0) is 32.4 Å². The van der Waals surface area contributed by atoms with Gasteiger partial charge in [-0.15, -0.1) is 5.10 Å². The summed E-state index contributed by atoms with van der Waals surface area (Å²) in [6.07, 6.45) is 2.26. The van der Waals surface area contributed by atoms with Crippen molar-refractivity contribution in [2.24, 2.45) is 10.1 Å². The lowest BCUT2D eigenvalue weighted by Crippen LogP contribution is -2.37. The molecule has 1 aromatic rings. The topological polar surface area (TPSA) is 48.3 Å². The van der Waals surface area contributed by atoms with Crippen LogP contribution in [-0.4, -0.2) is 33.3 Å². The van der Waals surface area contributed by atoms with Crippen molar-refractivity contribution in [3.63, 3.8) is 0 Å². The molecular formula is C16H20N4OS. The van der Waals surface area contributed by atoms with Gasteiger partial charge in [0.25, 0.3) is 5.91 Å². The van der Waals surface area contributed by atoms with Crippen LogP contribution in [0.3, 0.4) is 0 Å². The Morgan fingerprint density at radius 3 is 2.64 bits per heavy atom. The normalized spacial score (nSPS) is 19.3. The molecular weight excluding hydrogens is 296 g/mol. The zero-order valence-electron chi connectivity index (χ0n) is 13.1. The van der Waals surface area contributed by atoms with Crippen LogP contribution in [0.15, 0.2) is 40.4 Å². The number of fused-ring (bicyclic) bond motifs is 1. The maximum Gasteiger partial charge on any atom is 0.277 e. The first-order valence-corrected chi connectivity index (χ1v) is 8.54. The van der Waals surface area contributed by atoms with Gasteiger partial charge in [0.05, 0.1) is 5.69 Å². The second-order valence-electron chi connectivity index (χ2n) is 5.84. The number of anilines is 1. The molecule has 2 aliphatic heterocycles. The molecule has 0 saturated carbocycles. The summed E-state index contributed by atoms with van der Waals surface area (Å²) in [5.41, 5.74) is 0.239. The number of hydrogen-bond donors (Lipinski definition) is 0. The first-order chi connectivity index (χ1) is 10.5. The molecule has 0 unspecified atom stereocenters. The summed E-state index contributed by atoms with van der Waals surface area (Å²) >= 11 is 1.67. The minimum absolute atomic E-state index is 0.0745. The van der Waals surface area contributed by atoms with Gasteiger partial charge >= 0.3 is 0 Å². The third kappa shape index (κ3) is 2.52. The molecule has 0 aromatic heterocycles. The van der Waals surface area contributed by atoms with Gasteiger partial charge in [-0.1, -0.05) is 43.3 Å². The maximum absolute atomic E-state index is 12.4. The van der Waals surface area contributed by atoms with E-state index in [0.717, 1.165) is 29.4 Å². The molecule has 6 heteroatoms. The van der Waals surface area contributed by atoms with Crippen LogP contribution in [0, 0.1) is 0 Å². The number of guanidine groups is 1. The molecule has 116 valence electrons. The van der Waals surface area contributed by atoms with Crippen molar-refractivity contribution in [1.29, 1.82) is 0 Å². The number of amides is 1. The van der Waals surface area contributed by atoms with E-state index >= 15 is 0 Å². The van der Waals surface area contributed by atoms with Gasteiger partial charge in [-0.25, -0.2) is 4.99 Å². The number of aliphatic imine (C=N–C) groups is 1. The molecule has 0 saturated heterocycles. The fourth-order valence-corrected chi connectivity index (χ4v) is 3.42. The van der Waals surface area contributed by atoms with Gasteiger partial charge < -0.3 is 0 Å². The number of nitrogens with zero attached hydrogens (tertiary/aromatic N) is 4. The van der Waals surface area contributed by atoms with E-state index in [1.807, 2.05) is 49.1 Å². The number of unbranched alkanes of at least 4 members (excludes halogenated alkanes) is 1. The van der Waals surface area contributed by atoms with E-state index in [0.29, 0.717) is 5.96 Å². The lowest BCUT2D eigenvalue weighted by molar-refractivity contribution is -0.130. The first-order valence-electron chi connectivity index (χ1n) is 7.55. The summed E-state index contributed by atoms with van der Waals surface area (Å²) in [4.78, 5) is 19.0. The third-order valence-corrected chi connectivity index (χ3v) is 4.62. The number of para-hydroxylation sites is 1. The largest absolute Gasteiger partial charge is 0.277 e. The average Bonchev–Trinajstić information content (AvgIpc) is 2.95. The highest BCUT2D eigenvalue weighted by Crippen LogP contribution is 2.33. The Kier molecular flexibility index (Phi) is 3.95. The maximum atomic E-state index is 12.4. The minimum atomic E-state index is -0.745. The van der Waals surface area contributed by atoms with Crippen molar-refractivity contribution in [3.8, 4) is 0 Å². The number of carbonyl (C=O) groups is 1. The zero-order valence-corrected chi connectivity index (χ0v) is 13.9. The van der Waals surface area contributed by atoms with Crippen LogP contribution in [0.2, 0.25) is 0 Å². The Labute approximate surface area is 135 Å². The van der Waals surface area contributed by atoms with Crippen molar-refractivity contribution in [2.75, 3.05) is 10.7 Å². The number of hydrazone groups is 1. The Hall–Kier alpha value is -1.82. The van der Waals surface area contributed by atoms with Crippen LogP contribution in [0.4, 0.5) is 5.69 Å². The second kappa shape index (κ2) is 5.76. The molecule has 0 radical (unpaired) electrons. The van der Waals surface area contributed by atoms with Gasteiger partial charge in [0.1, 0.15) is 5.54 Å². The van der Waals surface area contributed by atoms with E-state index in [1.54, 1.807) is 11.8 Å². The van der Waals surface area contributed by atoms with Crippen molar-refractivity contribution >= 4 is 34.5 Å². The Bertz CT molecular complexity index is 639. The highest BCUT2D eigenvalue weighted by Gasteiger charge is 2.48. The highest BCUT2D eigenvalue weighted by molar-refractivity contribution is 8.14. The minimum Gasteiger partial charge on any atom is -0.270 e. The van der Waals surface area contributed by atoms with Crippen LogP contribution in [0.5, 0.6) is 0 Å². The molecule has 0 aliphatic carbocycles. The molecule has 2 heterocycles. The zero-order chi connectivity index (χ0) is 15.7. The fourth-order valence-electron chi connectivity index (χ4n) is 2.35. The van der Waals surface area contributed by atoms with Gasteiger partial charge in [0.15, 0.2) is 5.17 Å². The number of hydrogen-bond acceptors (Lipinski definition) is 5. The van der Waals surface area contributed by atoms with E-state index in [9.17, 15) is 4.79 Å². The van der Waals surface area contributed by atoms with Crippen LogP contribution >= 0.6 is 11.8 Å². The van der Waals surface area contributed by atoms with E-state index < -0.39 is 5.54 Å². The van der Waals surface area contributed by atoms with Crippen molar-refractivity contribution in [2.45, 2.75) is 39.2 Å². The van der Waals surface area contributed by atoms with E-state index in [4.69, 9.17) is 0 Å². The second-order valence-corrected chi connectivity index (χ2v) is 6.91.